The number of halogens is 1. The fraction of sp³-hybridized carbons (Fsp3) is 0.250. The highest BCUT2D eigenvalue weighted by Gasteiger charge is 2.16. The van der Waals surface area contributed by atoms with Gasteiger partial charge in [-0.25, -0.2) is 0 Å². The van der Waals surface area contributed by atoms with Crippen LogP contribution in [0.1, 0.15) is 5.56 Å². The monoisotopic (exact) mass is 216 g/mol. The molecule has 0 fully saturated rings. The summed E-state index contributed by atoms with van der Waals surface area (Å²) in [6.07, 6.45) is 0. The Hall–Kier alpha value is -0.905. The molecule has 0 aliphatic carbocycles. The van der Waals surface area contributed by atoms with E-state index in [-0.39, 0.29) is 5.75 Å². The van der Waals surface area contributed by atoms with Crippen molar-refractivity contribution in [3.05, 3.63) is 22.7 Å². The van der Waals surface area contributed by atoms with E-state index in [1.54, 1.807) is 19.1 Å². The smallest absolute Gasteiger partial charge is 0.509 e. The van der Waals surface area contributed by atoms with Gasteiger partial charge in [0.1, 0.15) is 5.75 Å². The molecule has 76 valence electrons. The van der Waals surface area contributed by atoms with Crippen molar-refractivity contribution in [3.8, 4) is 11.5 Å². The van der Waals surface area contributed by atoms with E-state index in [1.165, 1.54) is 7.11 Å². The largest absolute Gasteiger partial charge is 0.707 e. The topological polar surface area (TPSA) is 58.9 Å². The van der Waals surface area contributed by atoms with Crippen LogP contribution in [-0.4, -0.2) is 24.5 Å². The number of rotatable bonds is 3. The number of methoxy groups -OCH3 is 1. The summed E-state index contributed by atoms with van der Waals surface area (Å²) >= 11 is 5.84. The Labute approximate surface area is 87.2 Å². The van der Waals surface area contributed by atoms with Gasteiger partial charge in [0.25, 0.3) is 0 Å². The van der Waals surface area contributed by atoms with Crippen LogP contribution >= 0.6 is 11.6 Å². The fourth-order valence-corrected chi connectivity index (χ4v) is 1.16. The summed E-state index contributed by atoms with van der Waals surface area (Å²) in [7, 11) is -0.429. The Bertz CT molecular complexity index is 329. The lowest BCUT2D eigenvalue weighted by atomic mass is 10.2. The number of hydrogen-bond donors (Lipinski definition) is 2. The summed E-state index contributed by atoms with van der Waals surface area (Å²) in [6.45, 7) is 1.78. The van der Waals surface area contributed by atoms with Crippen LogP contribution in [0.2, 0.25) is 5.02 Å². The van der Waals surface area contributed by atoms with Gasteiger partial charge in [0.05, 0.1) is 7.11 Å². The van der Waals surface area contributed by atoms with E-state index in [0.717, 1.165) is 5.56 Å². The van der Waals surface area contributed by atoms with Gasteiger partial charge in [-0.1, -0.05) is 11.6 Å². The fourth-order valence-electron chi connectivity index (χ4n) is 1.00. The van der Waals surface area contributed by atoms with Crippen LogP contribution < -0.4 is 9.39 Å². The standard InChI is InChI=1S/C8H10BClO4/c1-5-3-8(14-9(11)12)7(13-2)4-6(5)10/h3-4,11-12H,1-2H3. The SMILES string of the molecule is COc1cc(Cl)c(C)cc1OB(O)O. The summed E-state index contributed by atoms with van der Waals surface area (Å²) in [6, 6.07) is 3.12. The zero-order chi connectivity index (χ0) is 10.7. The second kappa shape index (κ2) is 4.55. The molecule has 4 nitrogen and oxygen atoms in total. The van der Waals surface area contributed by atoms with Crippen LogP contribution in [0, 0.1) is 6.92 Å². The first-order valence-corrected chi connectivity index (χ1v) is 4.29. The molecule has 0 heterocycles. The Balaban J connectivity index is 3.07. The average molecular weight is 216 g/mol. The average Bonchev–Trinajstić information content (AvgIpc) is 2.10. The first-order valence-electron chi connectivity index (χ1n) is 3.91. The number of aryl methyl sites for hydroxylation is 1. The third kappa shape index (κ3) is 2.54. The number of hydrogen-bond acceptors (Lipinski definition) is 4. The van der Waals surface area contributed by atoms with Crippen LogP contribution in [0.15, 0.2) is 12.1 Å². The highest BCUT2D eigenvalue weighted by atomic mass is 35.5. The minimum absolute atomic E-state index is 0.240. The lowest BCUT2D eigenvalue weighted by Crippen LogP contribution is -2.21. The first-order chi connectivity index (χ1) is 6.54. The lowest BCUT2D eigenvalue weighted by molar-refractivity contribution is 0.279. The van der Waals surface area contributed by atoms with E-state index in [1.807, 2.05) is 0 Å². The quantitative estimate of drug-likeness (QED) is 0.740. The minimum atomic E-state index is -1.87. The van der Waals surface area contributed by atoms with E-state index >= 15 is 0 Å². The predicted octanol–water partition coefficient (Wildman–Crippen LogP) is 1.01. The Morgan fingerprint density at radius 1 is 1.29 bits per heavy atom. The molecule has 0 saturated carbocycles. The van der Waals surface area contributed by atoms with E-state index in [2.05, 4.69) is 0 Å². The second-order valence-corrected chi connectivity index (χ2v) is 3.10. The van der Waals surface area contributed by atoms with Gasteiger partial charge in [0.2, 0.25) is 0 Å². The van der Waals surface area contributed by atoms with E-state index in [0.29, 0.717) is 10.8 Å². The van der Waals surface area contributed by atoms with Crippen molar-refractivity contribution in [2.75, 3.05) is 7.11 Å². The van der Waals surface area contributed by atoms with Crippen molar-refractivity contribution in [1.29, 1.82) is 0 Å². The van der Waals surface area contributed by atoms with Crippen molar-refractivity contribution in [2.45, 2.75) is 6.92 Å². The lowest BCUT2D eigenvalue weighted by Gasteiger charge is -2.11. The second-order valence-electron chi connectivity index (χ2n) is 2.70. The number of ether oxygens (including phenoxy) is 1. The molecule has 2 N–H and O–H groups in total. The van der Waals surface area contributed by atoms with Gasteiger partial charge in [-0.15, -0.1) is 0 Å². The maximum atomic E-state index is 8.63. The molecule has 1 rings (SSSR count). The molecule has 0 atom stereocenters. The molecular weight excluding hydrogens is 206 g/mol. The van der Waals surface area contributed by atoms with Crippen LogP contribution in [-0.2, 0) is 0 Å². The molecule has 1 aromatic carbocycles. The predicted molar refractivity (Wildman–Crippen MR) is 53.6 cm³/mol. The Kier molecular flexibility index (Phi) is 3.63. The van der Waals surface area contributed by atoms with Crippen molar-refractivity contribution in [2.24, 2.45) is 0 Å². The molecule has 0 saturated heterocycles. The molecule has 0 radical (unpaired) electrons. The maximum absolute atomic E-state index is 8.63. The van der Waals surface area contributed by atoms with Gasteiger partial charge in [0.15, 0.2) is 5.75 Å². The summed E-state index contributed by atoms with van der Waals surface area (Å²) < 4.78 is 9.65. The van der Waals surface area contributed by atoms with Gasteiger partial charge in [0, 0.05) is 11.1 Å². The molecule has 6 heteroatoms. The summed E-state index contributed by atoms with van der Waals surface area (Å²) in [4.78, 5) is 0. The van der Waals surface area contributed by atoms with Gasteiger partial charge < -0.3 is 19.4 Å². The summed E-state index contributed by atoms with van der Waals surface area (Å²) in [5.41, 5.74) is 0.767. The first kappa shape index (κ1) is 11.2. The minimum Gasteiger partial charge on any atom is -0.509 e. The molecule has 0 aromatic heterocycles. The zero-order valence-corrected chi connectivity index (χ0v) is 8.58. The number of benzene rings is 1. The summed E-state index contributed by atoms with van der Waals surface area (Å²) in [5, 5.41) is 17.8. The van der Waals surface area contributed by atoms with Crippen molar-refractivity contribution in [1.82, 2.24) is 0 Å². The van der Waals surface area contributed by atoms with Crippen LogP contribution in [0.4, 0.5) is 0 Å². The molecule has 0 unspecified atom stereocenters. The molecule has 0 bridgehead atoms. The van der Waals surface area contributed by atoms with Crippen molar-refractivity contribution in [3.63, 3.8) is 0 Å². The third-order valence-electron chi connectivity index (χ3n) is 1.68. The van der Waals surface area contributed by atoms with Gasteiger partial charge in [-0.05, 0) is 18.6 Å². The van der Waals surface area contributed by atoms with Crippen molar-refractivity contribution < 1.29 is 19.4 Å². The van der Waals surface area contributed by atoms with Gasteiger partial charge >= 0.3 is 7.32 Å². The molecule has 0 amide bonds. The Morgan fingerprint density at radius 3 is 2.43 bits per heavy atom. The summed E-state index contributed by atoms with van der Waals surface area (Å²) in [5.74, 6) is 0.595. The van der Waals surface area contributed by atoms with Gasteiger partial charge in [-0.2, -0.15) is 0 Å². The van der Waals surface area contributed by atoms with Crippen molar-refractivity contribution >= 4 is 18.9 Å². The van der Waals surface area contributed by atoms with E-state index in [4.69, 9.17) is 31.0 Å². The molecule has 0 aliphatic rings. The highest BCUT2D eigenvalue weighted by Crippen LogP contribution is 2.32. The van der Waals surface area contributed by atoms with Gasteiger partial charge in [-0.3, -0.25) is 0 Å². The molecular formula is C8H10BClO4. The molecule has 0 spiro atoms. The van der Waals surface area contributed by atoms with E-state index in [9.17, 15) is 0 Å². The van der Waals surface area contributed by atoms with Crippen LogP contribution in [0.5, 0.6) is 11.5 Å². The highest BCUT2D eigenvalue weighted by molar-refractivity contribution is 6.34. The molecule has 1 aromatic rings. The molecule has 0 aliphatic heterocycles. The van der Waals surface area contributed by atoms with E-state index < -0.39 is 7.32 Å². The normalized spacial score (nSPS) is 9.79. The van der Waals surface area contributed by atoms with Crippen LogP contribution in [0.3, 0.4) is 0 Å². The molecule has 14 heavy (non-hydrogen) atoms. The van der Waals surface area contributed by atoms with Crippen LogP contribution in [0.25, 0.3) is 0 Å². The third-order valence-corrected chi connectivity index (χ3v) is 2.08. The maximum Gasteiger partial charge on any atom is 0.707 e. The zero-order valence-electron chi connectivity index (χ0n) is 7.82. The Morgan fingerprint density at radius 2 is 1.93 bits per heavy atom.